The number of pyridine rings is 1. The van der Waals surface area contributed by atoms with E-state index in [4.69, 9.17) is 16.3 Å². The van der Waals surface area contributed by atoms with E-state index < -0.39 is 18.4 Å². The van der Waals surface area contributed by atoms with E-state index in [0.29, 0.717) is 16.4 Å². The first-order valence-electron chi connectivity index (χ1n) is 9.48. The largest absolute Gasteiger partial charge is 0.393 e. The SMILES string of the molecule is C=C1[C@@H](O)[C@H](n2cnc3c(N4C[C@H]5CCC[C@H]5C4)cc(Cl)nc32)O[C@@H]1CO. The van der Waals surface area contributed by atoms with Crippen LogP contribution in [0.25, 0.3) is 11.2 Å². The van der Waals surface area contributed by atoms with Crippen LogP contribution in [0, 0.1) is 11.8 Å². The van der Waals surface area contributed by atoms with Crippen LogP contribution < -0.4 is 4.90 Å². The molecular weight excluding hydrogens is 368 g/mol. The van der Waals surface area contributed by atoms with Gasteiger partial charge in [-0.15, -0.1) is 0 Å². The third kappa shape index (κ3) is 2.68. The van der Waals surface area contributed by atoms with Crippen molar-refractivity contribution in [1.29, 1.82) is 0 Å². The van der Waals surface area contributed by atoms with Gasteiger partial charge in [0.25, 0.3) is 0 Å². The van der Waals surface area contributed by atoms with Crippen molar-refractivity contribution in [1.82, 2.24) is 14.5 Å². The summed E-state index contributed by atoms with van der Waals surface area (Å²) in [5.41, 5.74) is 2.78. The molecule has 2 aromatic heterocycles. The molecule has 2 saturated heterocycles. The molecule has 2 aromatic rings. The van der Waals surface area contributed by atoms with Gasteiger partial charge in [0.05, 0.1) is 18.6 Å². The number of ether oxygens (including phenoxy) is 1. The molecule has 3 aliphatic rings. The van der Waals surface area contributed by atoms with Gasteiger partial charge in [-0.2, -0.15) is 0 Å². The Labute approximate surface area is 162 Å². The Balaban J connectivity index is 1.54. The Hall–Kier alpha value is -1.67. The summed E-state index contributed by atoms with van der Waals surface area (Å²) in [4.78, 5) is 11.4. The van der Waals surface area contributed by atoms with E-state index in [0.717, 1.165) is 36.1 Å². The smallest absolute Gasteiger partial charge is 0.167 e. The van der Waals surface area contributed by atoms with Crippen LogP contribution in [0.2, 0.25) is 5.15 Å². The van der Waals surface area contributed by atoms with Crippen molar-refractivity contribution in [2.75, 3.05) is 24.6 Å². The van der Waals surface area contributed by atoms with Crippen LogP contribution in [0.5, 0.6) is 0 Å². The molecule has 2 aliphatic heterocycles. The lowest BCUT2D eigenvalue weighted by Crippen LogP contribution is -2.22. The molecule has 5 atom stereocenters. The van der Waals surface area contributed by atoms with Crippen LogP contribution in [0.15, 0.2) is 24.5 Å². The Morgan fingerprint density at radius 2 is 2.04 bits per heavy atom. The molecule has 0 bridgehead atoms. The number of rotatable bonds is 3. The van der Waals surface area contributed by atoms with Crippen molar-refractivity contribution in [3.8, 4) is 0 Å². The second-order valence-electron chi connectivity index (χ2n) is 7.86. The first-order valence-corrected chi connectivity index (χ1v) is 9.85. The maximum absolute atomic E-state index is 10.5. The molecule has 144 valence electrons. The molecule has 7 nitrogen and oxygen atoms in total. The predicted octanol–water partition coefficient (Wildman–Crippen LogP) is 2.13. The quantitative estimate of drug-likeness (QED) is 0.617. The van der Waals surface area contributed by atoms with Gasteiger partial charge in [0.2, 0.25) is 0 Å². The number of aromatic nitrogens is 3. The average molecular weight is 391 g/mol. The van der Waals surface area contributed by atoms with E-state index in [-0.39, 0.29) is 6.61 Å². The number of aliphatic hydroxyl groups excluding tert-OH is 2. The van der Waals surface area contributed by atoms with Crippen LogP contribution in [0.1, 0.15) is 25.5 Å². The normalized spacial score (nSPS) is 33.4. The van der Waals surface area contributed by atoms with Gasteiger partial charge >= 0.3 is 0 Å². The lowest BCUT2D eigenvalue weighted by Gasteiger charge is -2.21. The lowest BCUT2D eigenvalue weighted by atomic mass is 10.0. The summed E-state index contributed by atoms with van der Waals surface area (Å²) in [6, 6.07) is 1.88. The number of halogens is 1. The molecule has 0 amide bonds. The third-order valence-corrected chi connectivity index (χ3v) is 6.55. The summed E-state index contributed by atoms with van der Waals surface area (Å²) in [6.07, 6.45) is 3.28. The Bertz CT molecular complexity index is 888. The molecule has 3 fully saturated rings. The van der Waals surface area contributed by atoms with E-state index in [1.807, 2.05) is 6.07 Å². The highest BCUT2D eigenvalue weighted by molar-refractivity contribution is 6.30. The number of imidazole rings is 1. The first-order chi connectivity index (χ1) is 13.1. The number of hydrogen-bond donors (Lipinski definition) is 2. The topological polar surface area (TPSA) is 83.6 Å². The minimum Gasteiger partial charge on any atom is -0.393 e. The number of fused-ring (bicyclic) bond motifs is 2. The van der Waals surface area contributed by atoms with Crippen LogP contribution in [0.3, 0.4) is 0 Å². The zero-order chi connectivity index (χ0) is 18.7. The van der Waals surface area contributed by atoms with Gasteiger partial charge in [-0.1, -0.05) is 24.6 Å². The minimum atomic E-state index is -0.935. The van der Waals surface area contributed by atoms with E-state index in [9.17, 15) is 10.2 Å². The van der Waals surface area contributed by atoms with Crippen molar-refractivity contribution in [2.45, 2.75) is 37.7 Å². The standard InChI is InChI=1S/C19H23ClN4O3/c1-10-14(8-25)27-19(17(10)26)24-9-21-16-13(5-15(20)22-18(16)24)23-6-11-3-2-4-12(11)7-23/h5,9,11-12,14,17,19,25-26H,1-4,6-8H2/t11-,12+,14-,17-,19-/m1/s1. The van der Waals surface area contributed by atoms with Gasteiger partial charge in [0.1, 0.15) is 22.9 Å². The fourth-order valence-electron chi connectivity index (χ4n) is 4.90. The number of nitrogens with zero attached hydrogens (tertiary/aromatic N) is 4. The van der Waals surface area contributed by atoms with Gasteiger partial charge in [-0.05, 0) is 30.3 Å². The van der Waals surface area contributed by atoms with E-state index >= 15 is 0 Å². The first kappa shape index (κ1) is 17.4. The molecular formula is C19H23ClN4O3. The summed E-state index contributed by atoms with van der Waals surface area (Å²) >= 11 is 6.34. The molecule has 2 N–H and O–H groups in total. The number of anilines is 1. The molecule has 1 saturated carbocycles. The van der Waals surface area contributed by atoms with Crippen molar-refractivity contribution in [3.63, 3.8) is 0 Å². The summed E-state index contributed by atoms with van der Waals surface area (Å²) in [5.74, 6) is 1.51. The van der Waals surface area contributed by atoms with Gasteiger partial charge in [0, 0.05) is 19.2 Å². The predicted molar refractivity (Wildman–Crippen MR) is 102 cm³/mol. The Kier molecular flexibility index (Phi) is 4.16. The highest BCUT2D eigenvalue weighted by Gasteiger charge is 2.40. The average Bonchev–Trinajstić information content (AvgIpc) is 3.39. The molecule has 8 heteroatoms. The van der Waals surface area contributed by atoms with Gasteiger partial charge in [0.15, 0.2) is 11.9 Å². The molecule has 0 radical (unpaired) electrons. The summed E-state index contributed by atoms with van der Waals surface area (Å²) in [6.45, 7) is 5.66. The van der Waals surface area contributed by atoms with E-state index in [1.54, 1.807) is 10.9 Å². The van der Waals surface area contributed by atoms with Crippen LogP contribution in [0.4, 0.5) is 5.69 Å². The van der Waals surface area contributed by atoms with E-state index in [1.165, 1.54) is 19.3 Å². The molecule has 0 spiro atoms. The Morgan fingerprint density at radius 3 is 2.70 bits per heavy atom. The molecule has 27 heavy (non-hydrogen) atoms. The van der Waals surface area contributed by atoms with Crippen molar-refractivity contribution < 1.29 is 14.9 Å². The number of aliphatic hydroxyl groups is 2. The second-order valence-corrected chi connectivity index (χ2v) is 8.25. The highest BCUT2D eigenvalue weighted by atomic mass is 35.5. The summed E-state index contributed by atoms with van der Waals surface area (Å²) < 4.78 is 7.47. The molecule has 5 rings (SSSR count). The third-order valence-electron chi connectivity index (χ3n) is 6.35. The summed E-state index contributed by atoms with van der Waals surface area (Å²) in [7, 11) is 0. The maximum Gasteiger partial charge on any atom is 0.167 e. The van der Waals surface area contributed by atoms with Crippen LogP contribution in [-0.4, -0.2) is 56.7 Å². The Morgan fingerprint density at radius 1 is 1.30 bits per heavy atom. The van der Waals surface area contributed by atoms with Crippen LogP contribution >= 0.6 is 11.6 Å². The molecule has 0 unspecified atom stereocenters. The monoisotopic (exact) mass is 390 g/mol. The van der Waals surface area contributed by atoms with Gasteiger partial charge < -0.3 is 19.8 Å². The zero-order valence-electron chi connectivity index (χ0n) is 15.0. The minimum absolute atomic E-state index is 0.227. The zero-order valence-corrected chi connectivity index (χ0v) is 15.7. The molecule has 4 heterocycles. The molecule has 1 aliphatic carbocycles. The van der Waals surface area contributed by atoms with Gasteiger partial charge in [-0.3, -0.25) is 4.57 Å². The van der Waals surface area contributed by atoms with Gasteiger partial charge in [-0.25, -0.2) is 9.97 Å². The summed E-state index contributed by atoms with van der Waals surface area (Å²) in [5, 5.41) is 20.3. The molecule has 0 aromatic carbocycles. The van der Waals surface area contributed by atoms with Crippen molar-refractivity contribution in [2.24, 2.45) is 11.8 Å². The highest BCUT2D eigenvalue weighted by Crippen LogP contribution is 2.42. The fraction of sp³-hybridized carbons (Fsp3) is 0.579. The fourth-order valence-corrected chi connectivity index (χ4v) is 5.08. The lowest BCUT2D eigenvalue weighted by molar-refractivity contribution is -0.0483. The van der Waals surface area contributed by atoms with E-state index in [2.05, 4.69) is 21.4 Å². The second kappa shape index (κ2) is 6.44. The number of hydrogen-bond acceptors (Lipinski definition) is 6. The maximum atomic E-state index is 10.5. The van der Waals surface area contributed by atoms with Crippen LogP contribution in [-0.2, 0) is 4.74 Å². The van der Waals surface area contributed by atoms with Crippen molar-refractivity contribution in [3.05, 3.63) is 29.7 Å². The van der Waals surface area contributed by atoms with Crippen molar-refractivity contribution >= 4 is 28.5 Å².